The first-order valence-electron chi connectivity index (χ1n) is 5.57. The summed E-state index contributed by atoms with van der Waals surface area (Å²) >= 11 is 0. The Hall–Kier alpha value is -1.04. The van der Waals surface area contributed by atoms with Crippen molar-refractivity contribution >= 4 is 6.08 Å². The highest BCUT2D eigenvalue weighted by Crippen LogP contribution is 2.35. The van der Waals surface area contributed by atoms with E-state index in [2.05, 4.69) is 26.0 Å². The van der Waals surface area contributed by atoms with Gasteiger partial charge in [0.15, 0.2) is 0 Å². The van der Waals surface area contributed by atoms with Crippen LogP contribution in [0.4, 0.5) is 0 Å². The van der Waals surface area contributed by atoms with Crippen molar-refractivity contribution in [1.82, 2.24) is 0 Å². The molecule has 0 unspecified atom stereocenters. The van der Waals surface area contributed by atoms with Crippen LogP contribution in [-0.4, -0.2) is 0 Å². The molecule has 0 heteroatoms. The van der Waals surface area contributed by atoms with Crippen LogP contribution in [0.2, 0.25) is 0 Å². The molecule has 0 amide bonds. The minimum absolute atomic E-state index is 1.18. The summed E-state index contributed by atoms with van der Waals surface area (Å²) in [5.41, 5.74) is 9.46. The van der Waals surface area contributed by atoms with Gasteiger partial charge >= 0.3 is 0 Å². The van der Waals surface area contributed by atoms with Gasteiger partial charge in [-0.3, -0.25) is 0 Å². The Morgan fingerprint density at radius 1 is 1.07 bits per heavy atom. The SMILES string of the molecule is CC1=Cc2c(cc3c(c2C)CCC3)C1. The number of benzene rings is 1. The molecule has 0 saturated heterocycles. The lowest BCUT2D eigenvalue weighted by Gasteiger charge is -2.09. The van der Waals surface area contributed by atoms with Crippen LogP contribution in [0.15, 0.2) is 11.6 Å². The first kappa shape index (κ1) is 8.28. The van der Waals surface area contributed by atoms with Crippen LogP contribution < -0.4 is 0 Å². The summed E-state index contributed by atoms with van der Waals surface area (Å²) in [5.74, 6) is 0. The molecule has 3 rings (SSSR count). The second-order valence-corrected chi connectivity index (χ2v) is 4.73. The van der Waals surface area contributed by atoms with E-state index in [-0.39, 0.29) is 0 Å². The fourth-order valence-electron chi connectivity index (χ4n) is 2.99. The van der Waals surface area contributed by atoms with Gasteiger partial charge in [-0.25, -0.2) is 0 Å². The predicted octanol–water partition coefficient (Wildman–Crippen LogP) is 3.44. The molecule has 0 aliphatic heterocycles. The molecule has 0 fully saturated rings. The summed E-state index contributed by atoms with van der Waals surface area (Å²) < 4.78 is 0. The topological polar surface area (TPSA) is 0 Å². The lowest BCUT2D eigenvalue weighted by molar-refractivity contribution is 0.909. The molecule has 0 spiro atoms. The van der Waals surface area contributed by atoms with E-state index < -0.39 is 0 Å². The highest BCUT2D eigenvalue weighted by molar-refractivity contribution is 5.69. The predicted molar refractivity (Wildman–Crippen MR) is 60.6 cm³/mol. The van der Waals surface area contributed by atoms with Crippen LogP contribution in [0, 0.1) is 6.92 Å². The maximum atomic E-state index is 2.46. The van der Waals surface area contributed by atoms with Crippen LogP contribution in [-0.2, 0) is 19.3 Å². The van der Waals surface area contributed by atoms with Crippen molar-refractivity contribution in [2.45, 2.75) is 39.5 Å². The lowest BCUT2D eigenvalue weighted by atomic mass is 9.95. The summed E-state index contributed by atoms with van der Waals surface area (Å²) in [6.07, 6.45) is 7.54. The Balaban J connectivity index is 2.26. The average Bonchev–Trinajstić information content (AvgIpc) is 2.71. The normalized spacial score (nSPS) is 18.0. The number of hydrogen-bond donors (Lipinski definition) is 0. The fraction of sp³-hybridized carbons (Fsp3) is 0.429. The van der Waals surface area contributed by atoms with Gasteiger partial charge in [0.1, 0.15) is 0 Å². The number of allylic oxidation sites excluding steroid dienone is 1. The van der Waals surface area contributed by atoms with Gasteiger partial charge in [0.25, 0.3) is 0 Å². The van der Waals surface area contributed by atoms with E-state index >= 15 is 0 Å². The van der Waals surface area contributed by atoms with Crippen molar-refractivity contribution in [3.63, 3.8) is 0 Å². The Morgan fingerprint density at radius 2 is 1.93 bits per heavy atom. The number of hydrogen-bond acceptors (Lipinski definition) is 0. The van der Waals surface area contributed by atoms with Gasteiger partial charge in [0.05, 0.1) is 0 Å². The standard InChI is InChI=1S/C14H16/c1-9-6-12-8-11-4-3-5-13(11)10(2)14(12)7-9/h7-8H,3-6H2,1-2H3. The van der Waals surface area contributed by atoms with Crippen molar-refractivity contribution in [3.05, 3.63) is 39.5 Å². The molecular formula is C14H16. The first-order valence-corrected chi connectivity index (χ1v) is 5.57. The van der Waals surface area contributed by atoms with E-state index in [9.17, 15) is 0 Å². The number of aryl methyl sites for hydroxylation is 1. The van der Waals surface area contributed by atoms with E-state index in [1.807, 2.05) is 0 Å². The number of rotatable bonds is 0. The van der Waals surface area contributed by atoms with Crippen molar-refractivity contribution in [2.24, 2.45) is 0 Å². The van der Waals surface area contributed by atoms with E-state index in [0.717, 1.165) is 0 Å². The van der Waals surface area contributed by atoms with Gasteiger partial charge in [0.2, 0.25) is 0 Å². The van der Waals surface area contributed by atoms with Crippen molar-refractivity contribution in [3.8, 4) is 0 Å². The van der Waals surface area contributed by atoms with Crippen molar-refractivity contribution in [2.75, 3.05) is 0 Å². The zero-order valence-electron chi connectivity index (χ0n) is 8.98. The monoisotopic (exact) mass is 184 g/mol. The molecule has 2 aliphatic rings. The Bertz CT molecular complexity index is 436. The quantitative estimate of drug-likeness (QED) is 0.579. The molecule has 1 aromatic rings. The van der Waals surface area contributed by atoms with Gasteiger partial charge in [-0.2, -0.15) is 0 Å². The van der Waals surface area contributed by atoms with Gasteiger partial charge in [-0.05, 0) is 67.3 Å². The van der Waals surface area contributed by atoms with Gasteiger partial charge in [0, 0.05) is 0 Å². The summed E-state index contributed by atoms with van der Waals surface area (Å²) in [7, 11) is 0. The molecule has 0 N–H and O–H groups in total. The van der Waals surface area contributed by atoms with Crippen LogP contribution in [0.3, 0.4) is 0 Å². The summed E-state index contributed by atoms with van der Waals surface area (Å²) in [5, 5.41) is 0. The molecule has 1 aromatic carbocycles. The van der Waals surface area contributed by atoms with Gasteiger partial charge < -0.3 is 0 Å². The van der Waals surface area contributed by atoms with Crippen LogP contribution >= 0.6 is 0 Å². The van der Waals surface area contributed by atoms with Gasteiger partial charge in [-0.15, -0.1) is 0 Å². The molecule has 2 aliphatic carbocycles. The van der Waals surface area contributed by atoms with E-state index in [0.29, 0.717) is 0 Å². The molecule has 0 heterocycles. The Labute approximate surface area is 85.6 Å². The second kappa shape index (κ2) is 2.73. The molecule has 0 aromatic heterocycles. The summed E-state index contributed by atoms with van der Waals surface area (Å²) in [6, 6.07) is 2.46. The Kier molecular flexibility index (Phi) is 1.61. The zero-order chi connectivity index (χ0) is 9.71. The summed E-state index contributed by atoms with van der Waals surface area (Å²) in [6.45, 7) is 4.54. The maximum absolute atomic E-state index is 2.46. The minimum Gasteiger partial charge on any atom is -0.0683 e. The molecule has 0 radical (unpaired) electrons. The average molecular weight is 184 g/mol. The molecule has 0 nitrogen and oxygen atoms in total. The smallest absolute Gasteiger partial charge is 0.00604 e. The number of fused-ring (bicyclic) bond motifs is 2. The maximum Gasteiger partial charge on any atom is -0.00604 e. The minimum atomic E-state index is 1.18. The molecule has 0 atom stereocenters. The second-order valence-electron chi connectivity index (χ2n) is 4.73. The molecule has 14 heavy (non-hydrogen) atoms. The first-order chi connectivity index (χ1) is 6.75. The third kappa shape index (κ3) is 1.00. The van der Waals surface area contributed by atoms with Crippen molar-refractivity contribution < 1.29 is 0 Å². The molecular weight excluding hydrogens is 168 g/mol. The van der Waals surface area contributed by atoms with Crippen LogP contribution in [0.25, 0.3) is 6.08 Å². The molecule has 0 saturated carbocycles. The highest BCUT2D eigenvalue weighted by atomic mass is 14.2. The van der Waals surface area contributed by atoms with Crippen LogP contribution in [0.1, 0.15) is 41.2 Å². The van der Waals surface area contributed by atoms with Gasteiger partial charge in [-0.1, -0.05) is 17.7 Å². The van der Waals surface area contributed by atoms with E-state index in [1.54, 1.807) is 22.3 Å². The van der Waals surface area contributed by atoms with E-state index in [4.69, 9.17) is 0 Å². The molecule has 0 bridgehead atoms. The summed E-state index contributed by atoms with van der Waals surface area (Å²) in [4.78, 5) is 0. The third-order valence-corrected chi connectivity index (χ3v) is 3.67. The van der Waals surface area contributed by atoms with Crippen LogP contribution in [0.5, 0.6) is 0 Å². The zero-order valence-corrected chi connectivity index (χ0v) is 8.98. The largest absolute Gasteiger partial charge is 0.0683 e. The third-order valence-electron chi connectivity index (χ3n) is 3.67. The molecule has 72 valence electrons. The lowest BCUT2D eigenvalue weighted by Crippen LogP contribution is -1.94. The highest BCUT2D eigenvalue weighted by Gasteiger charge is 2.20. The Morgan fingerprint density at radius 3 is 2.79 bits per heavy atom. The van der Waals surface area contributed by atoms with E-state index in [1.165, 1.54) is 36.8 Å². The van der Waals surface area contributed by atoms with Crippen molar-refractivity contribution in [1.29, 1.82) is 0 Å². The fourth-order valence-corrected chi connectivity index (χ4v) is 2.99.